The Morgan fingerprint density at radius 1 is 0.510 bits per heavy atom. The lowest BCUT2D eigenvalue weighted by Gasteiger charge is -2.11. The van der Waals surface area contributed by atoms with Crippen molar-refractivity contribution in [1.82, 2.24) is 19.5 Å². The van der Waals surface area contributed by atoms with Gasteiger partial charge in [-0.2, -0.15) is 9.97 Å². The molecule has 0 bridgehead atoms. The number of hydrogen-bond acceptors (Lipinski definition) is 5. The molecular weight excluding hydrogens is 645 g/mol. The highest BCUT2D eigenvalue weighted by molar-refractivity contribution is 7.25. The standard InChI is InChI=1S/C45H26N4OS/c1-3-12-27(13-4-1)30-18-11-20-38-42(30)33-23-22-29(24-39(33)50-38)44-46-43(28-14-5-2-6-15-28)47-45(48-44)49-36-19-9-7-16-31(36)34-25-35-32-17-8-10-21-40(32)51-41(35)26-37(34)49/h1-26H/i1D,2D,3D,4D,5D,6D,12D,13D,14D,15D. The number of aromatic nitrogens is 4. The fourth-order valence-corrected chi connectivity index (χ4v) is 8.15. The first kappa shape index (κ1) is 20.1. The molecule has 7 aromatic carbocycles. The van der Waals surface area contributed by atoms with Crippen LogP contribution in [-0.2, 0) is 0 Å². The number of rotatable bonds is 4. The van der Waals surface area contributed by atoms with Gasteiger partial charge in [0.05, 0.1) is 24.7 Å². The van der Waals surface area contributed by atoms with Crippen molar-refractivity contribution >= 4 is 75.3 Å². The van der Waals surface area contributed by atoms with Gasteiger partial charge in [-0.25, -0.2) is 4.98 Å². The lowest BCUT2D eigenvalue weighted by Crippen LogP contribution is -2.06. The zero-order valence-electron chi connectivity index (χ0n) is 36.3. The summed E-state index contributed by atoms with van der Waals surface area (Å²) in [4.78, 5) is 14.7. The third-order valence-corrected chi connectivity index (χ3v) is 10.4. The Bertz CT molecular complexity index is 3690. The van der Waals surface area contributed by atoms with E-state index in [0.29, 0.717) is 33.1 Å². The topological polar surface area (TPSA) is 56.7 Å². The maximum atomic E-state index is 8.87. The van der Waals surface area contributed by atoms with Crippen molar-refractivity contribution in [3.63, 3.8) is 0 Å². The molecule has 0 spiro atoms. The molecule has 238 valence electrons. The molecule has 11 rings (SSSR count). The fraction of sp³-hybridized carbons (Fsp3) is 0. The maximum Gasteiger partial charge on any atom is 0.238 e. The third kappa shape index (κ3) is 4.37. The molecule has 0 saturated carbocycles. The van der Waals surface area contributed by atoms with Crippen molar-refractivity contribution in [2.45, 2.75) is 0 Å². The van der Waals surface area contributed by atoms with Gasteiger partial charge in [0.1, 0.15) is 11.2 Å². The molecule has 6 heteroatoms. The minimum atomic E-state index is -0.540. The Morgan fingerprint density at radius 3 is 2.10 bits per heavy atom. The molecule has 11 aromatic rings. The maximum absolute atomic E-state index is 8.87. The zero-order chi connectivity index (χ0) is 42.2. The molecule has 0 saturated heterocycles. The van der Waals surface area contributed by atoms with Crippen LogP contribution < -0.4 is 0 Å². The molecule has 0 aliphatic rings. The van der Waals surface area contributed by atoms with E-state index >= 15 is 0 Å². The second kappa shape index (κ2) is 10.9. The number of nitrogens with zero attached hydrogens (tertiary/aromatic N) is 4. The molecule has 0 aliphatic carbocycles. The van der Waals surface area contributed by atoms with E-state index in [0.717, 1.165) is 42.0 Å². The molecule has 4 aromatic heterocycles. The highest BCUT2D eigenvalue weighted by atomic mass is 32.1. The van der Waals surface area contributed by atoms with E-state index in [9.17, 15) is 0 Å². The number of fused-ring (bicyclic) bond motifs is 9. The van der Waals surface area contributed by atoms with Gasteiger partial charge in [-0.1, -0.05) is 115 Å². The second-order valence-electron chi connectivity index (χ2n) is 12.1. The molecule has 51 heavy (non-hydrogen) atoms. The minimum Gasteiger partial charge on any atom is -0.456 e. The first-order valence-corrected chi connectivity index (χ1v) is 16.9. The van der Waals surface area contributed by atoms with Crippen LogP contribution in [0.15, 0.2) is 162 Å². The summed E-state index contributed by atoms with van der Waals surface area (Å²) in [6.07, 6.45) is 0. The van der Waals surface area contributed by atoms with Crippen LogP contribution in [0.2, 0.25) is 0 Å². The number of benzene rings is 7. The Kier molecular flexibility index (Phi) is 4.32. The molecule has 0 fully saturated rings. The highest BCUT2D eigenvalue weighted by Gasteiger charge is 2.20. The normalized spacial score (nSPS) is 14.7. The first-order valence-electron chi connectivity index (χ1n) is 21.1. The van der Waals surface area contributed by atoms with E-state index in [2.05, 4.69) is 24.3 Å². The molecule has 0 atom stereocenters. The number of hydrogen-bond donors (Lipinski definition) is 0. The van der Waals surface area contributed by atoms with Crippen LogP contribution in [0.3, 0.4) is 0 Å². The Balaban J connectivity index is 1.18. The van der Waals surface area contributed by atoms with Crippen molar-refractivity contribution < 1.29 is 18.1 Å². The summed E-state index contributed by atoms with van der Waals surface area (Å²) < 4.78 is 95.4. The van der Waals surface area contributed by atoms with Crippen molar-refractivity contribution in [3.8, 4) is 39.9 Å². The van der Waals surface area contributed by atoms with Crippen molar-refractivity contribution in [2.75, 3.05) is 0 Å². The van der Waals surface area contributed by atoms with Crippen molar-refractivity contribution in [1.29, 1.82) is 0 Å². The highest BCUT2D eigenvalue weighted by Crippen LogP contribution is 2.41. The Hall–Kier alpha value is -6.63. The predicted molar refractivity (Wildman–Crippen MR) is 211 cm³/mol. The van der Waals surface area contributed by atoms with E-state index in [1.165, 1.54) is 0 Å². The van der Waals surface area contributed by atoms with Gasteiger partial charge in [-0.3, -0.25) is 4.57 Å². The van der Waals surface area contributed by atoms with Gasteiger partial charge >= 0.3 is 0 Å². The summed E-state index contributed by atoms with van der Waals surface area (Å²) in [5, 5.41) is 5.32. The van der Waals surface area contributed by atoms with E-state index in [1.54, 1.807) is 47.7 Å². The molecule has 0 N–H and O–H groups in total. The molecule has 0 radical (unpaired) electrons. The summed E-state index contributed by atoms with van der Waals surface area (Å²) >= 11 is 1.67. The van der Waals surface area contributed by atoms with Gasteiger partial charge < -0.3 is 4.42 Å². The Morgan fingerprint density at radius 2 is 1.25 bits per heavy atom. The summed E-state index contributed by atoms with van der Waals surface area (Å²) in [7, 11) is 0. The lowest BCUT2D eigenvalue weighted by molar-refractivity contribution is 0.669. The lowest BCUT2D eigenvalue weighted by atomic mass is 9.99. The SMILES string of the molecule is [2H]c1c([2H])c([2H])c(-c2nc(-c3ccc4c(c3)oc3cccc(-c5c([2H])c([2H])c([2H])c([2H])c5[2H])c34)nc(-n3c4ccccc4c4cc5c(cc43)sc3ccccc35)n2)c([2H])c1[2H]. The zero-order valence-corrected chi connectivity index (χ0v) is 27.2. The third-order valence-electron chi connectivity index (χ3n) is 9.24. The van der Waals surface area contributed by atoms with Gasteiger partial charge in [0, 0.05) is 52.8 Å². The quantitative estimate of drug-likeness (QED) is 0.186. The van der Waals surface area contributed by atoms with Crippen LogP contribution in [0.1, 0.15) is 13.7 Å². The molecule has 4 heterocycles. The summed E-state index contributed by atoms with van der Waals surface area (Å²) in [5.74, 6) is 0.166. The van der Waals surface area contributed by atoms with Gasteiger partial charge in [-0.05, 0) is 53.6 Å². The average molecular weight is 681 g/mol. The van der Waals surface area contributed by atoms with E-state index < -0.39 is 48.3 Å². The van der Waals surface area contributed by atoms with Crippen LogP contribution in [0, 0.1) is 0 Å². The van der Waals surface area contributed by atoms with Crippen LogP contribution >= 0.6 is 11.3 Å². The molecule has 5 nitrogen and oxygen atoms in total. The van der Waals surface area contributed by atoms with Gasteiger partial charge in [-0.15, -0.1) is 11.3 Å². The van der Waals surface area contributed by atoms with Crippen LogP contribution in [0.5, 0.6) is 0 Å². The fourth-order valence-electron chi connectivity index (χ4n) is 7.03. The number of para-hydroxylation sites is 1. The molecule has 0 amide bonds. The molecule has 0 aliphatic heterocycles. The first-order chi connectivity index (χ1) is 29.4. The van der Waals surface area contributed by atoms with E-state index in [-0.39, 0.29) is 40.8 Å². The molecule has 0 unspecified atom stereocenters. The summed E-state index contributed by atoms with van der Waals surface area (Å²) in [5.41, 5.74) is 3.14. The number of furan rings is 1. The Labute approximate surface area is 309 Å². The molecular formula is C45H26N4OS. The van der Waals surface area contributed by atoms with Crippen molar-refractivity contribution in [2.24, 2.45) is 0 Å². The monoisotopic (exact) mass is 680 g/mol. The minimum absolute atomic E-state index is 0.0489. The predicted octanol–water partition coefficient (Wildman–Crippen LogP) is 12.2. The van der Waals surface area contributed by atoms with Gasteiger partial charge in [0.25, 0.3) is 0 Å². The average Bonchev–Trinajstić information content (AvgIpc) is 3.94. The van der Waals surface area contributed by atoms with Crippen LogP contribution in [0.25, 0.3) is 104 Å². The van der Waals surface area contributed by atoms with Crippen LogP contribution in [-0.4, -0.2) is 19.5 Å². The van der Waals surface area contributed by atoms with Crippen molar-refractivity contribution in [3.05, 3.63) is 157 Å². The van der Waals surface area contributed by atoms with E-state index in [4.69, 9.17) is 33.1 Å². The second-order valence-corrected chi connectivity index (χ2v) is 13.2. The summed E-state index contributed by atoms with van der Waals surface area (Å²) in [6, 6.07) is 26.2. The van der Waals surface area contributed by atoms with Gasteiger partial charge in [0.15, 0.2) is 11.6 Å². The van der Waals surface area contributed by atoms with Gasteiger partial charge in [0.2, 0.25) is 5.95 Å². The number of thiophene rings is 1. The van der Waals surface area contributed by atoms with E-state index in [1.807, 2.05) is 41.0 Å². The summed E-state index contributed by atoms with van der Waals surface area (Å²) in [6.45, 7) is 0. The largest absolute Gasteiger partial charge is 0.456 e. The van der Waals surface area contributed by atoms with Crippen LogP contribution in [0.4, 0.5) is 0 Å². The smallest absolute Gasteiger partial charge is 0.238 e.